The summed E-state index contributed by atoms with van der Waals surface area (Å²) in [4.78, 5) is 28.1. The Labute approximate surface area is 135 Å². The lowest BCUT2D eigenvalue weighted by Gasteiger charge is -2.41. The van der Waals surface area contributed by atoms with Crippen LogP contribution < -0.4 is 4.74 Å². The van der Waals surface area contributed by atoms with Gasteiger partial charge in [0.25, 0.3) is 0 Å². The number of hydrogen-bond donors (Lipinski definition) is 1. The molecule has 0 saturated carbocycles. The monoisotopic (exact) mass is 319 g/mol. The van der Waals surface area contributed by atoms with Gasteiger partial charge in [-0.25, -0.2) is 9.59 Å². The van der Waals surface area contributed by atoms with E-state index in [-0.39, 0.29) is 18.2 Å². The molecule has 2 heterocycles. The van der Waals surface area contributed by atoms with Gasteiger partial charge >= 0.3 is 12.1 Å². The summed E-state index contributed by atoms with van der Waals surface area (Å²) in [5, 5.41) is 8.99. The first-order chi connectivity index (χ1) is 11.0. The number of ether oxygens (including phenoxy) is 1. The van der Waals surface area contributed by atoms with Crippen LogP contribution >= 0.6 is 0 Å². The highest BCUT2D eigenvalue weighted by Gasteiger charge is 2.38. The zero-order valence-electron chi connectivity index (χ0n) is 13.1. The molecule has 2 aliphatic rings. The lowest BCUT2D eigenvalue weighted by molar-refractivity contribution is 0.0296. The number of amides is 3. The van der Waals surface area contributed by atoms with Crippen molar-refractivity contribution in [2.75, 3.05) is 33.2 Å². The van der Waals surface area contributed by atoms with E-state index >= 15 is 0 Å². The zero-order valence-corrected chi connectivity index (χ0v) is 13.1. The van der Waals surface area contributed by atoms with Crippen molar-refractivity contribution in [1.82, 2.24) is 14.7 Å². The second-order valence-corrected chi connectivity index (χ2v) is 6.02. The van der Waals surface area contributed by atoms with Crippen molar-refractivity contribution in [3.63, 3.8) is 0 Å². The van der Waals surface area contributed by atoms with Gasteiger partial charge in [0.15, 0.2) is 0 Å². The number of rotatable bonds is 3. The Bertz CT molecular complexity index is 574. The van der Waals surface area contributed by atoms with Crippen molar-refractivity contribution in [3.05, 3.63) is 30.3 Å². The van der Waals surface area contributed by atoms with Gasteiger partial charge in [-0.2, -0.15) is 0 Å². The fourth-order valence-corrected chi connectivity index (χ4v) is 2.97. The molecule has 23 heavy (non-hydrogen) atoms. The van der Waals surface area contributed by atoms with Crippen LogP contribution in [0.4, 0.5) is 9.59 Å². The summed E-state index contributed by atoms with van der Waals surface area (Å²) in [7, 11) is 1.74. The van der Waals surface area contributed by atoms with Gasteiger partial charge in [0.1, 0.15) is 11.9 Å². The van der Waals surface area contributed by atoms with Gasteiger partial charge in [-0.1, -0.05) is 18.2 Å². The van der Waals surface area contributed by atoms with Crippen LogP contribution in [0.1, 0.15) is 6.42 Å². The fourth-order valence-electron chi connectivity index (χ4n) is 2.97. The van der Waals surface area contributed by atoms with Crippen LogP contribution in [0, 0.1) is 0 Å². The van der Waals surface area contributed by atoms with E-state index in [4.69, 9.17) is 9.84 Å². The lowest BCUT2D eigenvalue weighted by atomic mass is 10.1. The molecule has 0 spiro atoms. The van der Waals surface area contributed by atoms with Gasteiger partial charge in [-0.3, -0.25) is 0 Å². The van der Waals surface area contributed by atoms with Crippen molar-refractivity contribution in [3.8, 4) is 5.75 Å². The largest absolute Gasteiger partial charge is 0.487 e. The summed E-state index contributed by atoms with van der Waals surface area (Å²) >= 11 is 0. The van der Waals surface area contributed by atoms with Crippen molar-refractivity contribution >= 4 is 12.1 Å². The van der Waals surface area contributed by atoms with Gasteiger partial charge in [0.2, 0.25) is 0 Å². The number of carboxylic acid groups (broad SMARTS) is 1. The number of hydrogen-bond acceptors (Lipinski definition) is 3. The van der Waals surface area contributed by atoms with Gasteiger partial charge in [-0.05, 0) is 18.6 Å². The molecule has 1 aromatic rings. The maximum absolute atomic E-state index is 12.4. The molecule has 124 valence electrons. The number of benzene rings is 1. The molecule has 1 aromatic carbocycles. The summed E-state index contributed by atoms with van der Waals surface area (Å²) in [6.45, 7) is 1.99. The van der Waals surface area contributed by atoms with Crippen LogP contribution in [0.2, 0.25) is 0 Å². The quantitative estimate of drug-likeness (QED) is 0.917. The molecule has 0 aromatic heterocycles. The van der Waals surface area contributed by atoms with Crippen molar-refractivity contribution in [1.29, 1.82) is 0 Å². The highest BCUT2D eigenvalue weighted by atomic mass is 16.5. The van der Waals surface area contributed by atoms with Crippen LogP contribution in [0.3, 0.4) is 0 Å². The third kappa shape index (κ3) is 3.33. The normalized spacial score (nSPS) is 21.0. The van der Waals surface area contributed by atoms with Crippen molar-refractivity contribution in [2.24, 2.45) is 0 Å². The molecule has 3 rings (SSSR count). The zero-order chi connectivity index (χ0) is 16.4. The molecule has 0 aliphatic carbocycles. The molecule has 7 heteroatoms. The van der Waals surface area contributed by atoms with Crippen molar-refractivity contribution in [2.45, 2.75) is 18.6 Å². The average molecular weight is 319 g/mol. The lowest BCUT2D eigenvalue weighted by Crippen LogP contribution is -2.60. The van der Waals surface area contributed by atoms with E-state index in [1.165, 1.54) is 4.90 Å². The molecule has 2 fully saturated rings. The number of carbonyl (C=O) groups excluding carboxylic acids is 1. The molecule has 7 nitrogen and oxygen atoms in total. The SMILES string of the molecule is CN(C(=O)N1CC(Oc2ccccc2)C1)C1CCN(C(=O)O)C1. The smallest absolute Gasteiger partial charge is 0.407 e. The van der Waals surface area contributed by atoms with E-state index in [1.807, 2.05) is 30.3 Å². The van der Waals surface area contributed by atoms with Gasteiger partial charge in [0.05, 0.1) is 19.1 Å². The van der Waals surface area contributed by atoms with Gasteiger partial charge in [0, 0.05) is 20.1 Å². The summed E-state index contributed by atoms with van der Waals surface area (Å²) in [6, 6.07) is 9.45. The Morgan fingerprint density at radius 2 is 1.87 bits per heavy atom. The van der Waals surface area contributed by atoms with E-state index in [9.17, 15) is 9.59 Å². The second kappa shape index (κ2) is 6.36. The summed E-state index contributed by atoms with van der Waals surface area (Å²) < 4.78 is 5.79. The number of para-hydroxylation sites is 1. The van der Waals surface area contributed by atoms with Crippen molar-refractivity contribution < 1.29 is 19.4 Å². The molecule has 2 aliphatic heterocycles. The van der Waals surface area contributed by atoms with E-state index in [0.717, 1.165) is 5.75 Å². The van der Waals surface area contributed by atoms with E-state index < -0.39 is 6.09 Å². The van der Waals surface area contributed by atoms with Crippen LogP contribution in [0.15, 0.2) is 30.3 Å². The first-order valence-electron chi connectivity index (χ1n) is 7.76. The number of likely N-dealkylation sites (N-methyl/N-ethyl adjacent to an activating group) is 1. The number of carbonyl (C=O) groups is 2. The minimum Gasteiger partial charge on any atom is -0.487 e. The topological polar surface area (TPSA) is 73.3 Å². The highest BCUT2D eigenvalue weighted by molar-refractivity contribution is 5.76. The first-order valence-corrected chi connectivity index (χ1v) is 7.76. The summed E-state index contributed by atoms with van der Waals surface area (Å²) in [5.74, 6) is 0.811. The third-order valence-corrected chi connectivity index (χ3v) is 4.45. The fraction of sp³-hybridized carbons (Fsp3) is 0.500. The van der Waals surface area contributed by atoms with Crippen LogP contribution in [-0.4, -0.2) is 77.3 Å². The van der Waals surface area contributed by atoms with E-state index in [2.05, 4.69) is 0 Å². The Hall–Kier alpha value is -2.44. The molecule has 3 amide bonds. The first kappa shape index (κ1) is 15.5. The number of likely N-dealkylation sites (tertiary alicyclic amines) is 2. The molecular weight excluding hydrogens is 298 g/mol. The maximum Gasteiger partial charge on any atom is 0.407 e. The molecule has 1 N–H and O–H groups in total. The van der Waals surface area contributed by atoms with E-state index in [0.29, 0.717) is 32.6 Å². The molecule has 0 radical (unpaired) electrons. The second-order valence-electron chi connectivity index (χ2n) is 6.02. The maximum atomic E-state index is 12.4. The predicted molar refractivity (Wildman–Crippen MR) is 83.6 cm³/mol. The third-order valence-electron chi connectivity index (χ3n) is 4.45. The summed E-state index contributed by atoms with van der Waals surface area (Å²) in [5.41, 5.74) is 0. The minimum absolute atomic E-state index is 0.0221. The summed E-state index contributed by atoms with van der Waals surface area (Å²) in [6.07, 6.45) is -0.214. The van der Waals surface area contributed by atoms with E-state index in [1.54, 1.807) is 16.8 Å². The molecule has 2 saturated heterocycles. The molecule has 1 atom stereocenters. The molecule has 1 unspecified atom stereocenters. The average Bonchev–Trinajstić information content (AvgIpc) is 3.00. The molecule has 0 bridgehead atoms. The molecular formula is C16H21N3O4. The van der Waals surface area contributed by atoms with Crippen LogP contribution in [0.25, 0.3) is 0 Å². The van der Waals surface area contributed by atoms with Crippen LogP contribution in [-0.2, 0) is 0 Å². The Balaban J connectivity index is 1.46. The Morgan fingerprint density at radius 3 is 2.48 bits per heavy atom. The van der Waals surface area contributed by atoms with Gasteiger partial charge in [-0.15, -0.1) is 0 Å². The minimum atomic E-state index is -0.923. The predicted octanol–water partition coefficient (Wildman–Crippen LogP) is 1.55. The highest BCUT2D eigenvalue weighted by Crippen LogP contribution is 2.21. The van der Waals surface area contributed by atoms with Gasteiger partial charge < -0.3 is 24.5 Å². The Morgan fingerprint density at radius 1 is 1.17 bits per heavy atom. The number of urea groups is 1. The van der Waals surface area contributed by atoms with Crippen LogP contribution in [0.5, 0.6) is 5.75 Å². The Kier molecular flexibility index (Phi) is 4.27. The standard InChI is InChI=1S/C16H21N3O4/c1-17(12-7-8-18(9-12)16(21)22)15(20)19-10-14(11-19)23-13-5-3-2-4-6-13/h2-6,12,14H,7-11H2,1H3,(H,21,22). The number of nitrogens with zero attached hydrogens (tertiary/aromatic N) is 3.